The van der Waals surface area contributed by atoms with Crippen LogP contribution in [0.15, 0.2) is 0 Å². The minimum absolute atomic E-state index is 0.528. The summed E-state index contributed by atoms with van der Waals surface area (Å²) in [5.74, 6) is 2.07. The highest BCUT2D eigenvalue weighted by Crippen LogP contribution is 2.40. The molecule has 0 spiro atoms. The standard InChI is InChI=1S/C16H25N3O/c1-2-4-13(3-1)20-10-9-19-15-7-8-17-11-14(15)18-16(19)12-5-6-12/h12-13,17H,1-11H2. The lowest BCUT2D eigenvalue weighted by atomic mass is 10.2. The van der Waals surface area contributed by atoms with Crippen molar-refractivity contribution >= 4 is 0 Å². The van der Waals surface area contributed by atoms with E-state index >= 15 is 0 Å². The molecule has 4 heteroatoms. The third-order valence-electron chi connectivity index (χ3n) is 4.93. The third-order valence-corrected chi connectivity index (χ3v) is 4.93. The number of ether oxygens (including phenoxy) is 1. The van der Waals surface area contributed by atoms with E-state index in [0.717, 1.165) is 38.6 Å². The fraction of sp³-hybridized carbons (Fsp3) is 0.812. The molecular formula is C16H25N3O. The van der Waals surface area contributed by atoms with E-state index in [1.54, 1.807) is 0 Å². The van der Waals surface area contributed by atoms with Gasteiger partial charge in [-0.25, -0.2) is 4.98 Å². The molecule has 0 radical (unpaired) electrons. The Kier molecular flexibility index (Phi) is 3.52. The Labute approximate surface area is 120 Å². The summed E-state index contributed by atoms with van der Waals surface area (Å²) < 4.78 is 8.55. The molecule has 0 aromatic carbocycles. The van der Waals surface area contributed by atoms with Crippen LogP contribution in [0, 0.1) is 0 Å². The largest absolute Gasteiger partial charge is 0.376 e. The van der Waals surface area contributed by atoms with Gasteiger partial charge in [0.25, 0.3) is 0 Å². The summed E-state index contributed by atoms with van der Waals surface area (Å²) >= 11 is 0. The van der Waals surface area contributed by atoms with Crippen LogP contribution in [-0.2, 0) is 24.2 Å². The van der Waals surface area contributed by atoms with Crippen LogP contribution in [0.5, 0.6) is 0 Å². The van der Waals surface area contributed by atoms with E-state index in [9.17, 15) is 0 Å². The van der Waals surface area contributed by atoms with Crippen molar-refractivity contribution in [2.24, 2.45) is 0 Å². The maximum Gasteiger partial charge on any atom is 0.112 e. The molecule has 0 saturated heterocycles. The number of nitrogens with one attached hydrogen (secondary N) is 1. The first-order valence-corrected chi connectivity index (χ1v) is 8.32. The van der Waals surface area contributed by atoms with Gasteiger partial charge in [0, 0.05) is 37.7 Å². The first-order chi connectivity index (χ1) is 9.92. The molecule has 0 bridgehead atoms. The highest BCUT2D eigenvalue weighted by molar-refractivity contribution is 5.24. The lowest BCUT2D eigenvalue weighted by Crippen LogP contribution is -2.25. The SMILES string of the molecule is C1CCC(OCCn2c(C3CC3)nc3c2CCNC3)C1. The second-order valence-electron chi connectivity index (χ2n) is 6.49. The van der Waals surface area contributed by atoms with E-state index in [1.807, 2.05) is 0 Å². The predicted octanol–water partition coefficient (Wildman–Crippen LogP) is 2.37. The summed E-state index contributed by atoms with van der Waals surface area (Å²) in [5, 5.41) is 3.43. The Morgan fingerprint density at radius 3 is 2.85 bits per heavy atom. The molecule has 2 heterocycles. The molecule has 2 saturated carbocycles. The molecule has 4 rings (SSSR count). The van der Waals surface area contributed by atoms with Gasteiger partial charge < -0.3 is 14.6 Å². The molecule has 2 aliphatic carbocycles. The van der Waals surface area contributed by atoms with Gasteiger partial charge in [0.2, 0.25) is 0 Å². The van der Waals surface area contributed by atoms with Gasteiger partial charge in [-0.05, 0) is 25.7 Å². The van der Waals surface area contributed by atoms with Crippen molar-refractivity contribution < 1.29 is 4.74 Å². The van der Waals surface area contributed by atoms with Gasteiger partial charge >= 0.3 is 0 Å². The van der Waals surface area contributed by atoms with Crippen molar-refractivity contribution in [3.8, 4) is 0 Å². The molecule has 1 aromatic heterocycles. The van der Waals surface area contributed by atoms with Crippen molar-refractivity contribution in [2.45, 2.75) is 70.1 Å². The zero-order chi connectivity index (χ0) is 13.4. The highest BCUT2D eigenvalue weighted by Gasteiger charge is 2.31. The van der Waals surface area contributed by atoms with Gasteiger partial charge in [0.15, 0.2) is 0 Å². The Morgan fingerprint density at radius 1 is 1.20 bits per heavy atom. The van der Waals surface area contributed by atoms with E-state index in [0.29, 0.717) is 6.10 Å². The lowest BCUT2D eigenvalue weighted by molar-refractivity contribution is 0.0522. The summed E-state index contributed by atoms with van der Waals surface area (Å²) in [5.41, 5.74) is 2.76. The predicted molar refractivity (Wildman–Crippen MR) is 77.8 cm³/mol. The van der Waals surface area contributed by atoms with E-state index in [1.165, 1.54) is 55.7 Å². The van der Waals surface area contributed by atoms with Gasteiger partial charge in [0.1, 0.15) is 5.82 Å². The molecule has 20 heavy (non-hydrogen) atoms. The number of hydrogen-bond acceptors (Lipinski definition) is 3. The second-order valence-corrected chi connectivity index (χ2v) is 6.49. The number of imidazole rings is 1. The number of hydrogen-bond donors (Lipinski definition) is 1. The Morgan fingerprint density at radius 2 is 2.05 bits per heavy atom. The molecule has 110 valence electrons. The molecule has 1 N–H and O–H groups in total. The summed E-state index contributed by atoms with van der Waals surface area (Å²) in [6.07, 6.45) is 9.54. The van der Waals surface area contributed by atoms with Crippen LogP contribution in [-0.4, -0.2) is 28.8 Å². The second kappa shape index (κ2) is 5.49. The van der Waals surface area contributed by atoms with Gasteiger partial charge in [0.05, 0.1) is 18.4 Å². The average molecular weight is 275 g/mol. The van der Waals surface area contributed by atoms with Crippen molar-refractivity contribution in [3.63, 3.8) is 0 Å². The summed E-state index contributed by atoms with van der Waals surface area (Å²) in [4.78, 5) is 4.91. The molecule has 0 amide bonds. The van der Waals surface area contributed by atoms with E-state index in [2.05, 4.69) is 9.88 Å². The molecule has 4 nitrogen and oxygen atoms in total. The van der Waals surface area contributed by atoms with Crippen LogP contribution in [0.25, 0.3) is 0 Å². The zero-order valence-electron chi connectivity index (χ0n) is 12.2. The first-order valence-electron chi connectivity index (χ1n) is 8.32. The van der Waals surface area contributed by atoms with Crippen LogP contribution >= 0.6 is 0 Å². The van der Waals surface area contributed by atoms with Crippen LogP contribution in [0.2, 0.25) is 0 Å². The zero-order valence-corrected chi connectivity index (χ0v) is 12.2. The molecular weight excluding hydrogens is 250 g/mol. The molecule has 3 aliphatic rings. The fourth-order valence-electron chi connectivity index (χ4n) is 3.66. The average Bonchev–Trinajstić information content (AvgIpc) is 3.06. The van der Waals surface area contributed by atoms with E-state index in [4.69, 9.17) is 9.72 Å². The van der Waals surface area contributed by atoms with Crippen molar-refractivity contribution in [2.75, 3.05) is 13.2 Å². The topological polar surface area (TPSA) is 39.1 Å². The molecule has 1 aliphatic heterocycles. The Hall–Kier alpha value is -0.870. The molecule has 2 fully saturated rings. The van der Waals surface area contributed by atoms with Crippen LogP contribution in [0.1, 0.15) is 61.7 Å². The fourth-order valence-corrected chi connectivity index (χ4v) is 3.66. The number of fused-ring (bicyclic) bond motifs is 1. The number of nitrogens with zero attached hydrogens (tertiary/aromatic N) is 2. The van der Waals surface area contributed by atoms with Crippen molar-refractivity contribution in [3.05, 3.63) is 17.2 Å². The van der Waals surface area contributed by atoms with E-state index < -0.39 is 0 Å². The highest BCUT2D eigenvalue weighted by atomic mass is 16.5. The van der Waals surface area contributed by atoms with Gasteiger partial charge in [-0.2, -0.15) is 0 Å². The maximum absolute atomic E-state index is 6.06. The summed E-state index contributed by atoms with van der Waals surface area (Å²) in [6.45, 7) is 3.91. The summed E-state index contributed by atoms with van der Waals surface area (Å²) in [6, 6.07) is 0. The summed E-state index contributed by atoms with van der Waals surface area (Å²) in [7, 11) is 0. The monoisotopic (exact) mass is 275 g/mol. The van der Waals surface area contributed by atoms with E-state index in [-0.39, 0.29) is 0 Å². The Balaban J connectivity index is 1.46. The lowest BCUT2D eigenvalue weighted by Gasteiger charge is -2.17. The van der Waals surface area contributed by atoms with Gasteiger partial charge in [-0.3, -0.25) is 0 Å². The third kappa shape index (κ3) is 2.51. The van der Waals surface area contributed by atoms with Crippen LogP contribution < -0.4 is 5.32 Å². The normalized spacial score (nSPS) is 23.2. The number of rotatable bonds is 5. The van der Waals surface area contributed by atoms with Crippen LogP contribution in [0.4, 0.5) is 0 Å². The van der Waals surface area contributed by atoms with Gasteiger partial charge in [-0.15, -0.1) is 0 Å². The molecule has 0 unspecified atom stereocenters. The molecule has 0 atom stereocenters. The minimum Gasteiger partial charge on any atom is -0.376 e. The smallest absolute Gasteiger partial charge is 0.112 e. The number of aromatic nitrogens is 2. The first kappa shape index (κ1) is 12.8. The maximum atomic E-state index is 6.06. The van der Waals surface area contributed by atoms with Gasteiger partial charge in [-0.1, -0.05) is 12.8 Å². The quantitative estimate of drug-likeness (QED) is 0.896. The van der Waals surface area contributed by atoms with Crippen molar-refractivity contribution in [1.29, 1.82) is 0 Å². The minimum atomic E-state index is 0.528. The molecule has 1 aromatic rings. The Bertz CT molecular complexity index is 472. The van der Waals surface area contributed by atoms with Crippen molar-refractivity contribution in [1.82, 2.24) is 14.9 Å². The van der Waals surface area contributed by atoms with Crippen LogP contribution in [0.3, 0.4) is 0 Å².